The Labute approximate surface area is 114 Å². The number of piperidine rings is 1. The maximum atomic E-state index is 9.50. The average molecular weight is 284 g/mol. The standard InChI is InChI=1S/C12H14ClN3OS/c13-12-14-10(9-4-6-18-11(9)15-12)16-5-2-1-3-8(16)7-17/h4,6,8,17H,1-3,5,7H2. The van der Waals surface area contributed by atoms with Gasteiger partial charge in [-0.15, -0.1) is 11.3 Å². The molecule has 0 bridgehead atoms. The van der Waals surface area contributed by atoms with Crippen molar-refractivity contribution >= 4 is 39.0 Å². The third-order valence-corrected chi connectivity index (χ3v) is 4.36. The molecule has 0 aliphatic carbocycles. The summed E-state index contributed by atoms with van der Waals surface area (Å²) in [4.78, 5) is 11.7. The van der Waals surface area contributed by atoms with Crippen LogP contribution in [0.3, 0.4) is 0 Å². The van der Waals surface area contributed by atoms with Crippen LogP contribution in [0.1, 0.15) is 19.3 Å². The molecule has 3 rings (SSSR count). The maximum Gasteiger partial charge on any atom is 0.225 e. The number of anilines is 1. The van der Waals surface area contributed by atoms with Gasteiger partial charge in [-0.25, -0.2) is 4.98 Å². The van der Waals surface area contributed by atoms with Crippen LogP contribution >= 0.6 is 22.9 Å². The Hall–Kier alpha value is -0.910. The molecule has 1 unspecified atom stereocenters. The van der Waals surface area contributed by atoms with E-state index in [2.05, 4.69) is 14.9 Å². The number of fused-ring (bicyclic) bond motifs is 1. The van der Waals surface area contributed by atoms with Gasteiger partial charge in [-0.05, 0) is 42.3 Å². The summed E-state index contributed by atoms with van der Waals surface area (Å²) in [6.07, 6.45) is 3.29. The molecular weight excluding hydrogens is 270 g/mol. The fourth-order valence-corrected chi connectivity index (χ4v) is 3.48. The highest BCUT2D eigenvalue weighted by Crippen LogP contribution is 2.32. The van der Waals surface area contributed by atoms with E-state index in [-0.39, 0.29) is 17.9 Å². The van der Waals surface area contributed by atoms with Crippen molar-refractivity contribution in [1.29, 1.82) is 0 Å². The first kappa shape index (κ1) is 12.1. The van der Waals surface area contributed by atoms with Crippen LogP contribution in [0.4, 0.5) is 5.82 Å². The molecule has 0 aromatic carbocycles. The molecule has 18 heavy (non-hydrogen) atoms. The van der Waals surface area contributed by atoms with E-state index in [9.17, 15) is 5.11 Å². The predicted molar refractivity (Wildman–Crippen MR) is 74.5 cm³/mol. The Bertz CT molecular complexity index is 559. The molecule has 2 aromatic rings. The van der Waals surface area contributed by atoms with Crippen molar-refractivity contribution in [3.05, 3.63) is 16.7 Å². The molecule has 1 fully saturated rings. The van der Waals surface area contributed by atoms with Crippen molar-refractivity contribution in [3.63, 3.8) is 0 Å². The first-order chi connectivity index (χ1) is 8.79. The van der Waals surface area contributed by atoms with Crippen molar-refractivity contribution in [2.45, 2.75) is 25.3 Å². The Morgan fingerprint density at radius 2 is 2.33 bits per heavy atom. The lowest BCUT2D eigenvalue weighted by Gasteiger charge is -2.35. The summed E-state index contributed by atoms with van der Waals surface area (Å²) in [6, 6.07) is 2.17. The molecule has 1 atom stereocenters. The first-order valence-electron chi connectivity index (χ1n) is 6.08. The molecule has 1 saturated heterocycles. The van der Waals surface area contributed by atoms with E-state index in [0.29, 0.717) is 0 Å². The summed E-state index contributed by atoms with van der Waals surface area (Å²) >= 11 is 7.55. The fraction of sp³-hybridized carbons (Fsp3) is 0.500. The summed E-state index contributed by atoms with van der Waals surface area (Å²) in [7, 11) is 0. The number of aliphatic hydroxyl groups is 1. The van der Waals surface area contributed by atoms with Crippen molar-refractivity contribution in [1.82, 2.24) is 9.97 Å². The van der Waals surface area contributed by atoms with Gasteiger partial charge in [0.25, 0.3) is 0 Å². The normalized spacial score (nSPS) is 20.6. The summed E-state index contributed by atoms with van der Waals surface area (Å²) in [6.45, 7) is 1.08. The zero-order chi connectivity index (χ0) is 12.5. The molecule has 6 heteroatoms. The van der Waals surface area contributed by atoms with Crippen LogP contribution in [0.2, 0.25) is 5.28 Å². The zero-order valence-corrected chi connectivity index (χ0v) is 11.4. The molecule has 2 aromatic heterocycles. The lowest BCUT2D eigenvalue weighted by Crippen LogP contribution is -2.42. The minimum atomic E-state index is 0.146. The molecule has 1 aliphatic rings. The van der Waals surface area contributed by atoms with Crippen LogP contribution in [0.25, 0.3) is 10.2 Å². The Balaban J connectivity index is 2.08. The highest BCUT2D eigenvalue weighted by molar-refractivity contribution is 7.16. The minimum Gasteiger partial charge on any atom is -0.394 e. The Morgan fingerprint density at radius 1 is 1.44 bits per heavy atom. The topological polar surface area (TPSA) is 49.2 Å². The van der Waals surface area contributed by atoms with Crippen LogP contribution in [0.15, 0.2) is 11.4 Å². The van der Waals surface area contributed by atoms with Gasteiger partial charge in [-0.1, -0.05) is 0 Å². The SMILES string of the molecule is OCC1CCCCN1c1nc(Cl)nc2sccc12. The van der Waals surface area contributed by atoms with Crippen molar-refractivity contribution < 1.29 is 5.11 Å². The number of thiophene rings is 1. The van der Waals surface area contributed by atoms with E-state index in [1.54, 1.807) is 11.3 Å². The minimum absolute atomic E-state index is 0.146. The monoisotopic (exact) mass is 283 g/mol. The fourth-order valence-electron chi connectivity index (χ4n) is 2.50. The van der Waals surface area contributed by atoms with Gasteiger partial charge in [0.2, 0.25) is 5.28 Å². The Morgan fingerprint density at radius 3 is 3.17 bits per heavy atom. The molecule has 0 radical (unpaired) electrons. The summed E-state index contributed by atoms with van der Waals surface area (Å²) in [5, 5.41) is 12.8. The molecular formula is C12H14ClN3OS. The number of aliphatic hydroxyl groups excluding tert-OH is 1. The average Bonchev–Trinajstić information content (AvgIpc) is 2.85. The number of halogens is 1. The predicted octanol–water partition coefficient (Wildman–Crippen LogP) is 2.70. The van der Waals surface area contributed by atoms with Gasteiger partial charge < -0.3 is 10.0 Å². The largest absolute Gasteiger partial charge is 0.394 e. The first-order valence-corrected chi connectivity index (χ1v) is 7.33. The summed E-state index contributed by atoms with van der Waals surface area (Å²) in [5.74, 6) is 0.866. The molecule has 1 aliphatic heterocycles. The molecule has 0 spiro atoms. The molecule has 4 nitrogen and oxygen atoms in total. The number of hydrogen-bond donors (Lipinski definition) is 1. The number of rotatable bonds is 2. The third kappa shape index (κ3) is 2.06. The highest BCUT2D eigenvalue weighted by atomic mass is 35.5. The van der Waals surface area contributed by atoms with Gasteiger partial charge in [0.15, 0.2) is 0 Å². The second-order valence-corrected chi connectivity index (χ2v) is 5.71. The molecule has 0 amide bonds. The van der Waals surface area contributed by atoms with Gasteiger partial charge in [0.05, 0.1) is 18.0 Å². The Kier molecular flexibility index (Phi) is 3.37. The van der Waals surface area contributed by atoms with Crippen molar-refractivity contribution in [2.24, 2.45) is 0 Å². The molecule has 96 valence electrons. The van der Waals surface area contributed by atoms with Gasteiger partial charge in [-0.2, -0.15) is 4.98 Å². The van der Waals surface area contributed by atoms with Gasteiger partial charge in [0.1, 0.15) is 10.6 Å². The molecule has 1 N–H and O–H groups in total. The lowest BCUT2D eigenvalue weighted by molar-refractivity contribution is 0.239. The smallest absolute Gasteiger partial charge is 0.225 e. The van der Waals surface area contributed by atoms with Crippen LogP contribution in [0.5, 0.6) is 0 Å². The van der Waals surface area contributed by atoms with Gasteiger partial charge in [0, 0.05) is 6.54 Å². The second-order valence-electron chi connectivity index (χ2n) is 4.48. The van der Waals surface area contributed by atoms with E-state index in [1.807, 2.05) is 11.4 Å². The zero-order valence-electron chi connectivity index (χ0n) is 9.84. The van der Waals surface area contributed by atoms with E-state index in [0.717, 1.165) is 41.8 Å². The van der Waals surface area contributed by atoms with E-state index in [1.165, 1.54) is 0 Å². The highest BCUT2D eigenvalue weighted by Gasteiger charge is 2.25. The van der Waals surface area contributed by atoms with Crippen molar-refractivity contribution in [3.8, 4) is 0 Å². The van der Waals surface area contributed by atoms with Crippen LogP contribution in [-0.2, 0) is 0 Å². The van der Waals surface area contributed by atoms with E-state index >= 15 is 0 Å². The van der Waals surface area contributed by atoms with Crippen molar-refractivity contribution in [2.75, 3.05) is 18.1 Å². The number of nitrogens with zero attached hydrogens (tertiary/aromatic N) is 3. The van der Waals surface area contributed by atoms with Crippen LogP contribution < -0.4 is 4.90 Å². The van der Waals surface area contributed by atoms with Gasteiger partial charge in [-0.3, -0.25) is 0 Å². The molecule has 0 saturated carbocycles. The number of aromatic nitrogens is 2. The molecule has 3 heterocycles. The summed E-state index contributed by atoms with van der Waals surface area (Å²) in [5.41, 5.74) is 0. The van der Waals surface area contributed by atoms with Crippen LogP contribution in [0, 0.1) is 0 Å². The summed E-state index contributed by atoms with van der Waals surface area (Å²) < 4.78 is 0. The lowest BCUT2D eigenvalue weighted by atomic mass is 10.0. The van der Waals surface area contributed by atoms with Gasteiger partial charge >= 0.3 is 0 Å². The maximum absolute atomic E-state index is 9.50. The number of hydrogen-bond acceptors (Lipinski definition) is 5. The second kappa shape index (κ2) is 4.99. The van der Waals surface area contributed by atoms with E-state index < -0.39 is 0 Å². The van der Waals surface area contributed by atoms with E-state index in [4.69, 9.17) is 11.6 Å². The van der Waals surface area contributed by atoms with Crippen LogP contribution in [-0.4, -0.2) is 34.3 Å². The quantitative estimate of drug-likeness (QED) is 0.861. The third-order valence-electron chi connectivity index (χ3n) is 3.39.